The Balaban J connectivity index is 2.40. The molecule has 0 radical (unpaired) electrons. The minimum atomic E-state index is -0.249. The van der Waals surface area contributed by atoms with Gasteiger partial charge in [-0.1, -0.05) is 18.7 Å². The Labute approximate surface area is 134 Å². The SMILES string of the molecule is CCNC(=O)CNC(=O)CSc1nnc([C@@H](CC)[NH+](C)C)o1. The summed E-state index contributed by atoms with van der Waals surface area (Å²) in [7, 11) is 4.06. The number of carbonyl (C=O) groups is 2. The van der Waals surface area contributed by atoms with E-state index in [0.29, 0.717) is 17.7 Å². The van der Waals surface area contributed by atoms with Crippen LogP contribution in [0.2, 0.25) is 0 Å². The lowest BCUT2D eigenvalue weighted by Gasteiger charge is -2.15. The van der Waals surface area contributed by atoms with Crippen molar-refractivity contribution in [3.8, 4) is 0 Å². The quantitative estimate of drug-likeness (QED) is 0.503. The Morgan fingerprint density at radius 3 is 2.55 bits per heavy atom. The molecule has 0 aliphatic rings. The zero-order chi connectivity index (χ0) is 16.5. The molecule has 124 valence electrons. The van der Waals surface area contributed by atoms with Crippen LogP contribution < -0.4 is 15.5 Å². The first-order valence-corrected chi connectivity index (χ1v) is 8.26. The third kappa shape index (κ3) is 6.02. The molecule has 1 heterocycles. The van der Waals surface area contributed by atoms with Crippen molar-refractivity contribution in [1.82, 2.24) is 20.8 Å². The molecule has 1 aromatic heterocycles. The molecule has 2 amide bonds. The highest BCUT2D eigenvalue weighted by Gasteiger charge is 2.22. The van der Waals surface area contributed by atoms with E-state index < -0.39 is 0 Å². The van der Waals surface area contributed by atoms with Crippen molar-refractivity contribution in [2.24, 2.45) is 0 Å². The standard InChI is InChI=1S/C13H23N5O3S/c1-5-9(18(3)4)12-16-17-13(21-12)22-8-11(20)15-7-10(19)14-6-2/h9H,5-8H2,1-4H3,(H,14,19)(H,15,20)/p+1/t9-/m1/s1. The van der Waals surface area contributed by atoms with E-state index in [0.717, 1.165) is 18.2 Å². The third-order valence-electron chi connectivity index (χ3n) is 2.97. The van der Waals surface area contributed by atoms with Crippen molar-refractivity contribution in [3.63, 3.8) is 0 Å². The van der Waals surface area contributed by atoms with E-state index in [1.165, 1.54) is 4.90 Å². The minimum absolute atomic E-state index is 0.0236. The van der Waals surface area contributed by atoms with Crippen LogP contribution >= 0.6 is 11.8 Å². The van der Waals surface area contributed by atoms with Crippen molar-refractivity contribution in [2.75, 3.05) is 32.9 Å². The first-order chi connectivity index (χ1) is 10.5. The molecule has 0 bridgehead atoms. The number of nitrogens with zero attached hydrogens (tertiary/aromatic N) is 2. The van der Waals surface area contributed by atoms with Crippen LogP contribution in [0, 0.1) is 0 Å². The second kappa shape index (κ2) is 9.42. The topological polar surface area (TPSA) is 102 Å². The van der Waals surface area contributed by atoms with E-state index in [1.807, 2.05) is 21.0 Å². The summed E-state index contributed by atoms with van der Waals surface area (Å²) < 4.78 is 5.57. The molecule has 0 unspecified atom stereocenters. The molecular weight excluding hydrogens is 306 g/mol. The fourth-order valence-corrected chi connectivity index (χ4v) is 2.47. The highest BCUT2D eigenvalue weighted by molar-refractivity contribution is 7.99. The number of rotatable bonds is 9. The maximum absolute atomic E-state index is 11.6. The molecule has 0 saturated heterocycles. The van der Waals surface area contributed by atoms with Crippen LogP contribution in [0.5, 0.6) is 0 Å². The summed E-state index contributed by atoms with van der Waals surface area (Å²) in [6.07, 6.45) is 0.891. The van der Waals surface area contributed by atoms with Crippen LogP contribution in [-0.2, 0) is 9.59 Å². The lowest BCUT2D eigenvalue weighted by molar-refractivity contribution is -0.894. The van der Waals surface area contributed by atoms with Crippen LogP contribution in [0.3, 0.4) is 0 Å². The first-order valence-electron chi connectivity index (χ1n) is 7.27. The molecule has 8 nitrogen and oxygen atoms in total. The van der Waals surface area contributed by atoms with Gasteiger partial charge in [0.25, 0.3) is 11.1 Å². The smallest absolute Gasteiger partial charge is 0.277 e. The maximum atomic E-state index is 11.6. The van der Waals surface area contributed by atoms with Gasteiger partial charge >= 0.3 is 0 Å². The molecule has 0 aliphatic carbocycles. The molecule has 3 N–H and O–H groups in total. The molecule has 0 aromatic carbocycles. The van der Waals surface area contributed by atoms with Crippen LogP contribution in [0.25, 0.3) is 0 Å². The first kappa shape index (κ1) is 18.4. The fourth-order valence-electron chi connectivity index (χ4n) is 1.87. The predicted molar refractivity (Wildman–Crippen MR) is 82.6 cm³/mol. The van der Waals surface area contributed by atoms with Gasteiger partial charge in [0.1, 0.15) is 0 Å². The average Bonchev–Trinajstić information content (AvgIpc) is 2.92. The number of aromatic nitrogens is 2. The lowest BCUT2D eigenvalue weighted by Crippen LogP contribution is -3.06. The summed E-state index contributed by atoms with van der Waals surface area (Å²) in [6, 6.07) is 0.147. The summed E-state index contributed by atoms with van der Waals surface area (Å²) in [4.78, 5) is 24.1. The molecule has 0 saturated carbocycles. The number of nitrogens with one attached hydrogen (secondary N) is 3. The van der Waals surface area contributed by atoms with E-state index in [1.54, 1.807) is 0 Å². The number of hydrogen-bond acceptors (Lipinski definition) is 6. The Kier molecular flexibility index (Phi) is 7.89. The molecule has 9 heteroatoms. The molecule has 0 spiro atoms. The van der Waals surface area contributed by atoms with E-state index in [-0.39, 0.29) is 30.2 Å². The Hall–Kier alpha value is -1.61. The monoisotopic (exact) mass is 330 g/mol. The highest BCUT2D eigenvalue weighted by atomic mass is 32.2. The normalized spacial score (nSPS) is 12.2. The number of likely N-dealkylation sites (N-methyl/N-ethyl adjacent to an activating group) is 1. The molecule has 0 fully saturated rings. The third-order valence-corrected chi connectivity index (χ3v) is 3.79. The van der Waals surface area contributed by atoms with E-state index in [9.17, 15) is 9.59 Å². The van der Waals surface area contributed by atoms with Gasteiger partial charge in [-0.25, -0.2) is 0 Å². The predicted octanol–water partition coefficient (Wildman–Crippen LogP) is -0.990. The number of amides is 2. The zero-order valence-corrected chi connectivity index (χ0v) is 14.2. The summed E-state index contributed by atoms with van der Waals surface area (Å²) >= 11 is 1.16. The summed E-state index contributed by atoms with van der Waals surface area (Å²) in [6.45, 7) is 4.40. The fraction of sp³-hybridized carbons (Fsp3) is 0.692. The Morgan fingerprint density at radius 1 is 1.23 bits per heavy atom. The maximum Gasteiger partial charge on any atom is 0.277 e. The van der Waals surface area contributed by atoms with Crippen LogP contribution in [0.4, 0.5) is 0 Å². The number of hydrogen-bond donors (Lipinski definition) is 3. The van der Waals surface area contributed by atoms with Crippen molar-refractivity contribution in [2.45, 2.75) is 31.5 Å². The summed E-state index contributed by atoms with van der Waals surface area (Å²) in [5.41, 5.74) is 0. The van der Waals surface area contributed by atoms with Gasteiger partial charge in [-0.15, -0.1) is 10.2 Å². The lowest BCUT2D eigenvalue weighted by atomic mass is 10.2. The average molecular weight is 330 g/mol. The van der Waals surface area contributed by atoms with Gasteiger partial charge in [0.15, 0.2) is 6.04 Å². The van der Waals surface area contributed by atoms with Crippen LogP contribution in [0.1, 0.15) is 32.2 Å². The van der Waals surface area contributed by atoms with Gasteiger partial charge in [-0.05, 0) is 6.92 Å². The van der Waals surface area contributed by atoms with Crippen molar-refractivity contribution in [1.29, 1.82) is 0 Å². The van der Waals surface area contributed by atoms with Crippen molar-refractivity contribution < 1.29 is 18.9 Å². The van der Waals surface area contributed by atoms with E-state index in [2.05, 4.69) is 27.8 Å². The van der Waals surface area contributed by atoms with E-state index in [4.69, 9.17) is 4.42 Å². The van der Waals surface area contributed by atoms with Gasteiger partial charge in [0, 0.05) is 13.0 Å². The Morgan fingerprint density at radius 2 is 1.95 bits per heavy atom. The molecule has 1 rings (SSSR count). The van der Waals surface area contributed by atoms with Gasteiger partial charge in [-0.2, -0.15) is 0 Å². The minimum Gasteiger partial charge on any atom is -0.410 e. The molecule has 1 aromatic rings. The summed E-state index contributed by atoms with van der Waals surface area (Å²) in [5, 5.41) is 13.5. The van der Waals surface area contributed by atoms with E-state index >= 15 is 0 Å². The van der Waals surface area contributed by atoms with Crippen molar-refractivity contribution in [3.05, 3.63) is 5.89 Å². The number of thioether (sulfide) groups is 1. The highest BCUT2D eigenvalue weighted by Crippen LogP contribution is 2.19. The second-order valence-electron chi connectivity index (χ2n) is 4.96. The molecule has 1 atom stereocenters. The van der Waals surface area contributed by atoms with Gasteiger partial charge in [-0.3, -0.25) is 9.59 Å². The van der Waals surface area contributed by atoms with Gasteiger partial charge in [0.05, 0.1) is 26.4 Å². The zero-order valence-electron chi connectivity index (χ0n) is 13.4. The van der Waals surface area contributed by atoms with Crippen LogP contribution in [0.15, 0.2) is 9.64 Å². The number of carbonyl (C=O) groups excluding carboxylic acids is 2. The summed E-state index contributed by atoms with van der Waals surface area (Å²) in [5.74, 6) is 0.252. The van der Waals surface area contributed by atoms with Gasteiger partial charge in [0.2, 0.25) is 11.8 Å². The van der Waals surface area contributed by atoms with Gasteiger partial charge < -0.3 is 20.0 Å². The molecule has 22 heavy (non-hydrogen) atoms. The number of quaternary nitrogens is 1. The second-order valence-corrected chi connectivity index (χ2v) is 5.89. The van der Waals surface area contributed by atoms with Crippen molar-refractivity contribution >= 4 is 23.6 Å². The Bertz CT molecular complexity index is 492. The largest absolute Gasteiger partial charge is 0.410 e. The van der Waals surface area contributed by atoms with Crippen LogP contribution in [-0.4, -0.2) is 54.9 Å². The molecular formula is C13H24N5O3S+. The molecule has 0 aliphatic heterocycles.